The van der Waals surface area contributed by atoms with E-state index in [2.05, 4.69) is 15.5 Å². The molecule has 1 aromatic heterocycles. The fourth-order valence-corrected chi connectivity index (χ4v) is 2.54. The number of rotatable bonds is 5. The van der Waals surface area contributed by atoms with E-state index < -0.39 is 0 Å². The van der Waals surface area contributed by atoms with Crippen molar-refractivity contribution >= 4 is 5.91 Å². The molecule has 2 N–H and O–H groups in total. The molecule has 0 aliphatic carbocycles. The number of methoxy groups -OCH3 is 1. The van der Waals surface area contributed by atoms with Crippen molar-refractivity contribution in [2.24, 2.45) is 0 Å². The summed E-state index contributed by atoms with van der Waals surface area (Å²) in [6.45, 7) is 2.44. The second kappa shape index (κ2) is 7.00. The van der Waals surface area contributed by atoms with Gasteiger partial charge in [-0.05, 0) is 30.7 Å². The van der Waals surface area contributed by atoms with Crippen LogP contribution in [0.3, 0.4) is 0 Å². The molecule has 0 aliphatic heterocycles. The monoisotopic (exact) mass is 321 g/mol. The van der Waals surface area contributed by atoms with E-state index in [0.29, 0.717) is 12.1 Å². The fourth-order valence-electron chi connectivity index (χ4n) is 2.54. The number of hydrogen-bond acceptors (Lipinski definition) is 3. The van der Waals surface area contributed by atoms with Crippen LogP contribution in [0.4, 0.5) is 0 Å². The molecule has 0 saturated heterocycles. The van der Waals surface area contributed by atoms with Gasteiger partial charge < -0.3 is 10.1 Å². The smallest absolute Gasteiger partial charge is 0.255 e. The average Bonchev–Trinajstić information content (AvgIpc) is 3.10. The van der Waals surface area contributed by atoms with Gasteiger partial charge in [0.2, 0.25) is 0 Å². The van der Waals surface area contributed by atoms with Gasteiger partial charge in [-0.1, -0.05) is 35.9 Å². The number of hydrogen-bond donors (Lipinski definition) is 2. The summed E-state index contributed by atoms with van der Waals surface area (Å²) in [6.07, 6.45) is 1.55. The van der Waals surface area contributed by atoms with Crippen molar-refractivity contribution in [2.75, 3.05) is 7.11 Å². The molecule has 5 heteroatoms. The lowest BCUT2D eigenvalue weighted by Crippen LogP contribution is -2.23. The Bertz CT molecular complexity index is 855. The maximum Gasteiger partial charge on any atom is 0.255 e. The number of nitrogens with zero attached hydrogens (tertiary/aromatic N) is 1. The molecule has 0 bridgehead atoms. The number of aryl methyl sites for hydroxylation is 1. The van der Waals surface area contributed by atoms with E-state index in [1.54, 1.807) is 13.3 Å². The molecule has 0 aliphatic rings. The van der Waals surface area contributed by atoms with E-state index >= 15 is 0 Å². The Morgan fingerprint density at radius 3 is 2.83 bits per heavy atom. The molecule has 0 fully saturated rings. The van der Waals surface area contributed by atoms with Gasteiger partial charge in [-0.2, -0.15) is 5.10 Å². The van der Waals surface area contributed by atoms with Crippen LogP contribution in [-0.2, 0) is 6.54 Å². The summed E-state index contributed by atoms with van der Waals surface area (Å²) >= 11 is 0. The van der Waals surface area contributed by atoms with E-state index in [-0.39, 0.29) is 5.91 Å². The number of H-pyrrole nitrogens is 1. The Labute approximate surface area is 140 Å². The Morgan fingerprint density at radius 2 is 2.04 bits per heavy atom. The molecule has 1 amide bonds. The first-order chi connectivity index (χ1) is 11.7. The van der Waals surface area contributed by atoms with Gasteiger partial charge in [0.05, 0.1) is 24.6 Å². The topological polar surface area (TPSA) is 67.0 Å². The van der Waals surface area contributed by atoms with E-state index in [9.17, 15) is 4.79 Å². The van der Waals surface area contributed by atoms with Crippen molar-refractivity contribution in [1.82, 2.24) is 15.5 Å². The number of amides is 1. The molecule has 0 atom stereocenters. The maximum absolute atomic E-state index is 12.5. The van der Waals surface area contributed by atoms with Gasteiger partial charge in [0, 0.05) is 12.1 Å². The van der Waals surface area contributed by atoms with Gasteiger partial charge in [0.25, 0.3) is 5.91 Å². The molecule has 0 spiro atoms. The van der Waals surface area contributed by atoms with Crippen molar-refractivity contribution in [2.45, 2.75) is 13.5 Å². The molecule has 0 unspecified atom stereocenters. The number of carbonyl (C=O) groups excluding carboxylic acids is 1. The van der Waals surface area contributed by atoms with Crippen molar-refractivity contribution in [1.29, 1.82) is 0 Å². The molecular weight excluding hydrogens is 302 g/mol. The summed E-state index contributed by atoms with van der Waals surface area (Å²) in [5.41, 5.74) is 4.30. The lowest BCUT2D eigenvalue weighted by molar-refractivity contribution is 0.0951. The Hall–Kier alpha value is -3.08. The summed E-state index contributed by atoms with van der Waals surface area (Å²) in [4.78, 5) is 12.5. The van der Waals surface area contributed by atoms with Gasteiger partial charge in [0.1, 0.15) is 5.75 Å². The number of benzene rings is 2. The van der Waals surface area contributed by atoms with Crippen LogP contribution >= 0.6 is 0 Å². The first-order valence-corrected chi connectivity index (χ1v) is 7.69. The lowest BCUT2D eigenvalue weighted by Gasteiger charge is -2.08. The number of ether oxygens (including phenoxy) is 1. The second-order valence-corrected chi connectivity index (χ2v) is 5.56. The minimum Gasteiger partial charge on any atom is -0.497 e. The Balaban J connectivity index is 1.75. The van der Waals surface area contributed by atoms with Crippen LogP contribution in [0.15, 0.2) is 54.7 Å². The molecule has 24 heavy (non-hydrogen) atoms. The summed E-state index contributed by atoms with van der Waals surface area (Å²) in [7, 11) is 1.62. The van der Waals surface area contributed by atoms with E-state index in [1.165, 1.54) is 0 Å². The van der Waals surface area contributed by atoms with Crippen LogP contribution < -0.4 is 10.1 Å². The minimum atomic E-state index is -0.164. The highest BCUT2D eigenvalue weighted by Crippen LogP contribution is 2.22. The highest BCUT2D eigenvalue weighted by Gasteiger charge is 2.15. The van der Waals surface area contributed by atoms with Crippen molar-refractivity contribution in [3.63, 3.8) is 0 Å². The van der Waals surface area contributed by atoms with Gasteiger partial charge >= 0.3 is 0 Å². The molecule has 3 aromatic rings. The molecule has 122 valence electrons. The average molecular weight is 321 g/mol. The molecule has 1 heterocycles. The van der Waals surface area contributed by atoms with Crippen LogP contribution in [-0.4, -0.2) is 23.2 Å². The predicted octanol–water partition coefficient (Wildman–Crippen LogP) is 3.32. The van der Waals surface area contributed by atoms with Crippen LogP contribution in [0.5, 0.6) is 5.75 Å². The predicted molar refractivity (Wildman–Crippen MR) is 92.9 cm³/mol. The molecular formula is C19H19N3O2. The quantitative estimate of drug-likeness (QED) is 0.757. The number of carbonyl (C=O) groups is 1. The third-order valence-corrected chi connectivity index (χ3v) is 3.78. The largest absolute Gasteiger partial charge is 0.497 e. The zero-order chi connectivity index (χ0) is 16.9. The number of nitrogens with one attached hydrogen (secondary N) is 2. The van der Waals surface area contributed by atoms with Gasteiger partial charge in [0.15, 0.2) is 0 Å². The third kappa shape index (κ3) is 3.46. The number of aromatic amines is 1. The SMILES string of the molecule is COc1cccc(CNC(=O)c2cn[nH]c2-c2cccc(C)c2)c1. The maximum atomic E-state index is 12.5. The van der Waals surface area contributed by atoms with Crippen molar-refractivity contribution < 1.29 is 9.53 Å². The van der Waals surface area contributed by atoms with Crippen LogP contribution in [0.2, 0.25) is 0 Å². The van der Waals surface area contributed by atoms with E-state index in [1.807, 2.05) is 55.5 Å². The Kier molecular flexibility index (Phi) is 4.61. The molecule has 3 rings (SSSR count). The highest BCUT2D eigenvalue weighted by atomic mass is 16.5. The van der Waals surface area contributed by atoms with Crippen molar-refractivity contribution in [3.8, 4) is 17.0 Å². The summed E-state index contributed by atoms with van der Waals surface area (Å²) < 4.78 is 5.19. The summed E-state index contributed by atoms with van der Waals surface area (Å²) in [5.74, 6) is 0.605. The highest BCUT2D eigenvalue weighted by molar-refractivity contribution is 5.99. The Morgan fingerprint density at radius 1 is 1.21 bits per heavy atom. The lowest BCUT2D eigenvalue weighted by atomic mass is 10.1. The van der Waals surface area contributed by atoms with Crippen molar-refractivity contribution in [3.05, 3.63) is 71.4 Å². The van der Waals surface area contributed by atoms with Crippen LogP contribution in [0.25, 0.3) is 11.3 Å². The van der Waals surface area contributed by atoms with Gasteiger partial charge in [-0.15, -0.1) is 0 Å². The standard InChI is InChI=1S/C19H19N3O2/c1-13-5-3-7-15(9-13)18-17(12-21-22-18)19(23)20-11-14-6-4-8-16(10-14)24-2/h3-10,12H,11H2,1-2H3,(H,20,23)(H,21,22). The first-order valence-electron chi connectivity index (χ1n) is 7.69. The molecule has 0 saturated carbocycles. The zero-order valence-electron chi connectivity index (χ0n) is 13.7. The molecule has 5 nitrogen and oxygen atoms in total. The van der Waals surface area contributed by atoms with E-state index in [0.717, 1.165) is 28.1 Å². The third-order valence-electron chi connectivity index (χ3n) is 3.78. The van der Waals surface area contributed by atoms with Crippen LogP contribution in [0, 0.1) is 6.92 Å². The first kappa shape index (κ1) is 15.8. The summed E-state index contributed by atoms with van der Waals surface area (Å²) in [6, 6.07) is 15.6. The van der Waals surface area contributed by atoms with Gasteiger partial charge in [-0.25, -0.2) is 0 Å². The molecule has 0 radical (unpaired) electrons. The van der Waals surface area contributed by atoms with Gasteiger partial charge in [-0.3, -0.25) is 9.89 Å². The normalized spacial score (nSPS) is 10.4. The summed E-state index contributed by atoms with van der Waals surface area (Å²) in [5, 5.41) is 9.86. The zero-order valence-corrected chi connectivity index (χ0v) is 13.7. The minimum absolute atomic E-state index is 0.164. The van der Waals surface area contributed by atoms with Crippen LogP contribution in [0.1, 0.15) is 21.5 Å². The second-order valence-electron chi connectivity index (χ2n) is 5.56. The fraction of sp³-hybridized carbons (Fsp3) is 0.158. The number of aromatic nitrogens is 2. The molecule has 2 aromatic carbocycles. The van der Waals surface area contributed by atoms with E-state index in [4.69, 9.17) is 4.74 Å².